The van der Waals surface area contributed by atoms with Crippen molar-refractivity contribution in [3.63, 3.8) is 0 Å². The molecule has 4 heteroatoms. The van der Waals surface area contributed by atoms with Crippen molar-refractivity contribution < 1.29 is 0 Å². The molecule has 1 aliphatic heterocycles. The van der Waals surface area contributed by atoms with Gasteiger partial charge in [-0.3, -0.25) is 0 Å². The summed E-state index contributed by atoms with van der Waals surface area (Å²) in [5.74, 6) is 0.806. The Balaban J connectivity index is 1.52. The Kier molecular flexibility index (Phi) is 6.12. The molecular weight excluding hydrogens is 372 g/mol. The average molecular weight is 394 g/mol. The predicted molar refractivity (Wildman–Crippen MR) is 101 cm³/mol. The minimum atomic E-state index is 0.773. The lowest BCUT2D eigenvalue weighted by Gasteiger charge is -2.27. The van der Waals surface area contributed by atoms with E-state index in [9.17, 15) is 0 Å². The van der Waals surface area contributed by atoms with Gasteiger partial charge in [-0.2, -0.15) is 0 Å². The molecule has 2 aromatic rings. The average Bonchev–Trinajstić information content (AvgIpc) is 2.49. The van der Waals surface area contributed by atoms with Gasteiger partial charge in [0.05, 0.1) is 0 Å². The van der Waals surface area contributed by atoms with Crippen LogP contribution in [0.2, 0.25) is 5.02 Å². The van der Waals surface area contributed by atoms with Crippen molar-refractivity contribution in [2.45, 2.75) is 19.4 Å². The fraction of sp³-hybridized carbons (Fsp3) is 0.368. The maximum absolute atomic E-state index is 6.00. The molecule has 2 nitrogen and oxygen atoms in total. The van der Waals surface area contributed by atoms with Crippen molar-refractivity contribution in [1.29, 1.82) is 0 Å². The number of halogens is 2. The number of hydrogen-bond donors (Lipinski definition) is 2. The molecule has 122 valence electrons. The normalized spacial score (nSPS) is 14.7. The van der Waals surface area contributed by atoms with E-state index >= 15 is 0 Å². The second kappa shape index (κ2) is 8.29. The first kappa shape index (κ1) is 17.0. The molecule has 1 aliphatic rings. The number of hydrogen-bond acceptors (Lipinski definition) is 2. The van der Waals surface area contributed by atoms with Crippen LogP contribution in [0.5, 0.6) is 0 Å². The lowest BCUT2D eigenvalue weighted by molar-refractivity contribution is 0.331. The lowest BCUT2D eigenvalue weighted by Crippen LogP contribution is -2.47. The first-order valence-corrected chi connectivity index (χ1v) is 9.31. The van der Waals surface area contributed by atoms with Crippen LogP contribution in [0.1, 0.15) is 16.7 Å². The monoisotopic (exact) mass is 392 g/mol. The predicted octanol–water partition coefficient (Wildman–Crippen LogP) is 4.20. The standard InChI is InChI=1S/C19H22BrClN2/c20-19-9-18(21)7-6-17(19)5-4-14-2-1-3-15(8-14)10-22-11-16-12-23-13-16/h1-3,6-9,16,22-23H,4-5,10-13H2. The number of nitrogens with one attached hydrogen (secondary N) is 2. The van der Waals surface area contributed by atoms with Crippen molar-refractivity contribution in [1.82, 2.24) is 10.6 Å². The van der Waals surface area contributed by atoms with Gasteiger partial charge in [-0.05, 0) is 47.6 Å². The van der Waals surface area contributed by atoms with Crippen LogP contribution < -0.4 is 10.6 Å². The molecule has 0 spiro atoms. The van der Waals surface area contributed by atoms with Gasteiger partial charge >= 0.3 is 0 Å². The molecule has 3 rings (SSSR count). The largest absolute Gasteiger partial charge is 0.316 e. The smallest absolute Gasteiger partial charge is 0.0417 e. The first-order chi connectivity index (χ1) is 11.2. The van der Waals surface area contributed by atoms with Gasteiger partial charge in [0, 0.05) is 35.7 Å². The number of aryl methyl sites for hydroxylation is 2. The zero-order chi connectivity index (χ0) is 16.1. The van der Waals surface area contributed by atoms with Gasteiger partial charge in [-0.1, -0.05) is 57.9 Å². The molecule has 1 saturated heterocycles. The molecule has 0 amide bonds. The Bertz CT molecular complexity index is 656. The minimum Gasteiger partial charge on any atom is -0.316 e. The summed E-state index contributed by atoms with van der Waals surface area (Å²) < 4.78 is 1.09. The first-order valence-electron chi connectivity index (χ1n) is 8.14. The van der Waals surface area contributed by atoms with Crippen LogP contribution in [0.25, 0.3) is 0 Å². The molecule has 0 radical (unpaired) electrons. The molecule has 0 unspecified atom stereocenters. The summed E-state index contributed by atoms with van der Waals surface area (Å²) in [6.07, 6.45) is 2.06. The highest BCUT2D eigenvalue weighted by Crippen LogP contribution is 2.23. The number of rotatable bonds is 7. The summed E-state index contributed by atoms with van der Waals surface area (Å²) in [6.45, 7) is 4.37. The van der Waals surface area contributed by atoms with Crippen molar-refractivity contribution >= 4 is 27.5 Å². The highest BCUT2D eigenvalue weighted by Gasteiger charge is 2.15. The summed E-state index contributed by atoms with van der Waals surface area (Å²) in [7, 11) is 0. The summed E-state index contributed by atoms with van der Waals surface area (Å²) in [4.78, 5) is 0. The Morgan fingerprint density at radius 3 is 2.65 bits per heavy atom. The van der Waals surface area contributed by atoms with Gasteiger partial charge < -0.3 is 10.6 Å². The van der Waals surface area contributed by atoms with Crippen LogP contribution in [-0.4, -0.2) is 19.6 Å². The van der Waals surface area contributed by atoms with Gasteiger partial charge in [0.25, 0.3) is 0 Å². The maximum Gasteiger partial charge on any atom is 0.0417 e. The molecule has 1 fully saturated rings. The van der Waals surface area contributed by atoms with Gasteiger partial charge in [0.1, 0.15) is 0 Å². The zero-order valence-corrected chi connectivity index (χ0v) is 15.5. The molecule has 0 atom stereocenters. The van der Waals surface area contributed by atoms with E-state index in [1.807, 2.05) is 12.1 Å². The van der Waals surface area contributed by atoms with E-state index in [-0.39, 0.29) is 0 Å². The third-order valence-electron chi connectivity index (χ3n) is 4.32. The maximum atomic E-state index is 6.00. The molecular formula is C19H22BrClN2. The lowest BCUT2D eigenvalue weighted by atomic mass is 10.0. The van der Waals surface area contributed by atoms with Gasteiger partial charge in [0.2, 0.25) is 0 Å². The van der Waals surface area contributed by atoms with Crippen molar-refractivity contribution in [2.75, 3.05) is 19.6 Å². The summed E-state index contributed by atoms with van der Waals surface area (Å²) >= 11 is 9.59. The van der Waals surface area contributed by atoms with E-state index in [1.165, 1.54) is 16.7 Å². The Morgan fingerprint density at radius 2 is 1.91 bits per heavy atom. The molecule has 23 heavy (non-hydrogen) atoms. The third-order valence-corrected chi connectivity index (χ3v) is 5.29. The highest BCUT2D eigenvalue weighted by molar-refractivity contribution is 9.10. The van der Waals surface area contributed by atoms with Gasteiger partial charge in [-0.25, -0.2) is 0 Å². The molecule has 0 bridgehead atoms. The van der Waals surface area contributed by atoms with Crippen LogP contribution >= 0.6 is 27.5 Å². The number of benzene rings is 2. The molecule has 2 N–H and O–H groups in total. The molecule has 0 aliphatic carbocycles. The summed E-state index contributed by atoms with van der Waals surface area (Å²) in [5, 5.41) is 7.64. The fourth-order valence-electron chi connectivity index (χ4n) is 2.81. The Morgan fingerprint density at radius 1 is 1.09 bits per heavy atom. The van der Waals surface area contributed by atoms with Crippen LogP contribution in [0.3, 0.4) is 0 Å². The minimum absolute atomic E-state index is 0.773. The summed E-state index contributed by atoms with van der Waals surface area (Å²) in [6, 6.07) is 14.9. The van der Waals surface area contributed by atoms with E-state index in [1.54, 1.807) is 0 Å². The van der Waals surface area contributed by atoms with E-state index in [0.717, 1.165) is 54.4 Å². The molecule has 2 aromatic carbocycles. The second-order valence-electron chi connectivity index (χ2n) is 6.21. The molecule has 0 saturated carbocycles. The SMILES string of the molecule is Clc1ccc(CCc2cccc(CNCC3CNC3)c2)c(Br)c1. The van der Waals surface area contributed by atoms with Gasteiger partial charge in [0.15, 0.2) is 0 Å². The van der Waals surface area contributed by atoms with Crippen LogP contribution in [-0.2, 0) is 19.4 Å². The molecule has 0 aromatic heterocycles. The van der Waals surface area contributed by atoms with E-state index in [2.05, 4.69) is 56.9 Å². The van der Waals surface area contributed by atoms with E-state index < -0.39 is 0 Å². The topological polar surface area (TPSA) is 24.1 Å². The Labute approximate surface area is 151 Å². The third kappa shape index (κ3) is 5.05. The highest BCUT2D eigenvalue weighted by atomic mass is 79.9. The van der Waals surface area contributed by atoms with Gasteiger partial charge in [-0.15, -0.1) is 0 Å². The quantitative estimate of drug-likeness (QED) is 0.737. The van der Waals surface area contributed by atoms with Crippen molar-refractivity contribution in [3.05, 3.63) is 68.7 Å². The molecule has 1 heterocycles. The van der Waals surface area contributed by atoms with Crippen LogP contribution in [0.4, 0.5) is 0 Å². The van der Waals surface area contributed by atoms with E-state index in [0.29, 0.717) is 0 Å². The second-order valence-corrected chi connectivity index (χ2v) is 7.50. The van der Waals surface area contributed by atoms with Crippen LogP contribution in [0.15, 0.2) is 46.9 Å². The Hall–Kier alpha value is -0.870. The fourth-order valence-corrected chi connectivity index (χ4v) is 3.69. The van der Waals surface area contributed by atoms with Crippen LogP contribution in [0, 0.1) is 5.92 Å². The zero-order valence-electron chi connectivity index (χ0n) is 13.1. The van der Waals surface area contributed by atoms with Crippen molar-refractivity contribution in [3.8, 4) is 0 Å². The van der Waals surface area contributed by atoms with Crippen molar-refractivity contribution in [2.24, 2.45) is 5.92 Å². The van der Waals surface area contributed by atoms with E-state index in [4.69, 9.17) is 11.6 Å². The summed E-state index contributed by atoms with van der Waals surface area (Å²) in [5.41, 5.74) is 4.05.